The quantitative estimate of drug-likeness (QED) is 0.161. The summed E-state index contributed by atoms with van der Waals surface area (Å²) in [5, 5.41) is 1.97. The van der Waals surface area contributed by atoms with Crippen LogP contribution in [0, 0.1) is 27.7 Å². The van der Waals surface area contributed by atoms with Crippen molar-refractivity contribution in [1.82, 2.24) is 19.8 Å². The minimum atomic E-state index is 0.00782. The molecule has 1 fully saturated rings. The summed E-state index contributed by atoms with van der Waals surface area (Å²) in [7, 11) is 3.68. The molecule has 300 valence electrons. The van der Waals surface area contributed by atoms with Crippen molar-refractivity contribution in [3.63, 3.8) is 0 Å². The van der Waals surface area contributed by atoms with Crippen molar-refractivity contribution in [2.45, 2.75) is 69.2 Å². The predicted octanol–water partition coefficient (Wildman–Crippen LogP) is 9.71. The number of hydrogen-bond acceptors (Lipinski definition) is 8. The third-order valence-corrected chi connectivity index (χ3v) is 10.2. The van der Waals surface area contributed by atoms with Crippen molar-refractivity contribution in [2.75, 3.05) is 55.4 Å². The molecule has 0 unspecified atom stereocenters. The van der Waals surface area contributed by atoms with Gasteiger partial charge in [0.1, 0.15) is 11.6 Å². The summed E-state index contributed by atoms with van der Waals surface area (Å²) in [6, 6.07) is 28.6. The predicted molar refractivity (Wildman–Crippen MR) is 241 cm³/mol. The summed E-state index contributed by atoms with van der Waals surface area (Å²) in [5.74, 6) is 1.64. The molecule has 10 heteroatoms. The molecule has 7 rings (SSSR count). The first kappa shape index (κ1) is 43.6. The average molecular weight is 769 g/mol. The van der Waals surface area contributed by atoms with E-state index in [-0.39, 0.29) is 11.8 Å². The van der Waals surface area contributed by atoms with Gasteiger partial charge in [0.25, 0.3) is 0 Å². The monoisotopic (exact) mass is 768 g/mol. The molecule has 6 aromatic rings. The smallest absolute Gasteiger partial charge is 0.222 e. The average Bonchev–Trinajstić information content (AvgIpc) is 3.18. The summed E-state index contributed by atoms with van der Waals surface area (Å²) >= 11 is 0. The van der Waals surface area contributed by atoms with Gasteiger partial charge in [0.2, 0.25) is 11.8 Å². The molecule has 3 heterocycles. The first-order valence-electron chi connectivity index (χ1n) is 19.7. The maximum atomic E-state index is 11.5. The molecular weight excluding hydrogens is 709 g/mol. The number of anilines is 4. The van der Waals surface area contributed by atoms with E-state index in [1.807, 2.05) is 88.2 Å². The second kappa shape index (κ2) is 19.1. The van der Waals surface area contributed by atoms with Gasteiger partial charge in [0, 0.05) is 62.2 Å². The van der Waals surface area contributed by atoms with Crippen LogP contribution in [0.2, 0.25) is 0 Å². The normalized spacial score (nSPS) is 11.6. The van der Waals surface area contributed by atoms with Gasteiger partial charge in [-0.15, -0.1) is 0 Å². The molecule has 2 amide bonds. The molecular formula is C47H60N8O2. The van der Waals surface area contributed by atoms with Crippen LogP contribution in [-0.4, -0.2) is 65.7 Å². The molecule has 0 atom stereocenters. The molecule has 0 spiro atoms. The number of fused-ring (bicyclic) bond motifs is 2. The number of carbonyl (C=O) groups excluding carboxylic acids is 2. The Balaban J connectivity index is 0.000000233. The summed E-state index contributed by atoms with van der Waals surface area (Å²) in [4.78, 5) is 40.0. The largest absolute Gasteiger partial charge is 0.398 e. The zero-order valence-electron chi connectivity index (χ0n) is 35.9. The third-order valence-electron chi connectivity index (χ3n) is 10.2. The highest BCUT2D eigenvalue weighted by molar-refractivity contribution is 6.06. The molecule has 4 aromatic carbocycles. The van der Waals surface area contributed by atoms with Crippen LogP contribution >= 0.6 is 0 Å². The first-order chi connectivity index (χ1) is 27.2. The molecule has 57 heavy (non-hydrogen) atoms. The van der Waals surface area contributed by atoms with Crippen LogP contribution in [0.25, 0.3) is 44.1 Å². The fourth-order valence-electron chi connectivity index (χ4n) is 6.79. The molecule has 2 aromatic heterocycles. The van der Waals surface area contributed by atoms with Gasteiger partial charge in [-0.05, 0) is 84.3 Å². The van der Waals surface area contributed by atoms with Crippen LogP contribution < -0.4 is 21.3 Å². The maximum absolute atomic E-state index is 11.5. The first-order valence-corrected chi connectivity index (χ1v) is 19.7. The van der Waals surface area contributed by atoms with Gasteiger partial charge in [0.15, 0.2) is 0 Å². The van der Waals surface area contributed by atoms with Crippen molar-refractivity contribution in [3.05, 3.63) is 107 Å². The van der Waals surface area contributed by atoms with E-state index in [0.717, 1.165) is 55.7 Å². The second-order valence-electron chi connectivity index (χ2n) is 14.0. The number of nitrogens with zero attached hydrogens (tertiary/aromatic N) is 6. The van der Waals surface area contributed by atoms with Gasteiger partial charge < -0.3 is 31.1 Å². The molecule has 0 saturated carbocycles. The highest BCUT2D eigenvalue weighted by Crippen LogP contribution is 2.39. The Kier molecular flexibility index (Phi) is 14.6. The number of benzene rings is 4. The van der Waals surface area contributed by atoms with Gasteiger partial charge >= 0.3 is 0 Å². The number of aryl methyl sites for hydroxylation is 2. The Morgan fingerprint density at radius 2 is 1.11 bits per heavy atom. The van der Waals surface area contributed by atoms with Crippen LogP contribution in [0.5, 0.6) is 0 Å². The molecule has 1 aliphatic rings. The number of carbonyl (C=O) groups is 2. The number of aromatic nitrogens is 2. The zero-order valence-corrected chi connectivity index (χ0v) is 35.9. The van der Waals surface area contributed by atoms with Crippen LogP contribution in [0.3, 0.4) is 0 Å². The minimum Gasteiger partial charge on any atom is -0.398 e. The topological polar surface area (TPSA) is 125 Å². The standard InChI is InChI=1S/C22H26N4O.C21H22N4O.2C2H6/c1-14-11-19-22(21(15(14)2)17-9-7-6-8-10-17)18(23)12-20(24-19)26(5)13-25(4)16(3)27;1-13-9-18-21(20(14(13)2)16-7-5-4-6-8-16)17(22)10-19(23-18)25-11-24(12-25)15(3)26;2*1-2/h6-12H,13H2,1-5H3,(H2,23,24);4-10H,11-12H2,1-3H3,(H2,22,23);2*1-2H3. The number of rotatable bonds is 6. The summed E-state index contributed by atoms with van der Waals surface area (Å²) in [6.45, 7) is 21.2. The molecule has 0 aliphatic carbocycles. The lowest BCUT2D eigenvalue weighted by Gasteiger charge is -2.42. The number of amides is 2. The second-order valence-corrected chi connectivity index (χ2v) is 14.0. The Morgan fingerprint density at radius 3 is 1.54 bits per heavy atom. The van der Waals surface area contributed by atoms with Gasteiger partial charge in [-0.2, -0.15) is 0 Å². The third kappa shape index (κ3) is 9.45. The number of pyridine rings is 2. The number of nitrogens with two attached hydrogens (primary N) is 2. The van der Waals surface area contributed by atoms with Crippen molar-refractivity contribution in [2.24, 2.45) is 0 Å². The lowest BCUT2D eigenvalue weighted by Crippen LogP contribution is -2.57. The van der Waals surface area contributed by atoms with Crippen LogP contribution in [0.1, 0.15) is 63.8 Å². The van der Waals surface area contributed by atoms with Gasteiger partial charge in [0.05, 0.1) is 31.0 Å². The van der Waals surface area contributed by atoms with Crippen LogP contribution in [-0.2, 0) is 9.59 Å². The Bertz CT molecular complexity index is 2340. The van der Waals surface area contributed by atoms with E-state index in [1.54, 1.807) is 30.7 Å². The minimum absolute atomic E-state index is 0.00782. The van der Waals surface area contributed by atoms with E-state index in [0.29, 0.717) is 31.4 Å². The molecule has 1 aliphatic heterocycles. The summed E-state index contributed by atoms with van der Waals surface area (Å²) in [5.41, 5.74) is 25.5. The molecule has 10 nitrogen and oxygen atoms in total. The van der Waals surface area contributed by atoms with E-state index in [2.05, 4.69) is 69.0 Å². The van der Waals surface area contributed by atoms with Crippen molar-refractivity contribution >= 4 is 56.6 Å². The molecule has 1 saturated heterocycles. The van der Waals surface area contributed by atoms with Crippen molar-refractivity contribution in [3.8, 4) is 22.3 Å². The van der Waals surface area contributed by atoms with E-state index < -0.39 is 0 Å². The zero-order chi connectivity index (χ0) is 42.1. The van der Waals surface area contributed by atoms with E-state index in [1.165, 1.54) is 22.3 Å². The summed E-state index contributed by atoms with van der Waals surface area (Å²) < 4.78 is 0. The summed E-state index contributed by atoms with van der Waals surface area (Å²) in [6.07, 6.45) is 0. The Hall–Kier alpha value is -6.16. The molecule has 0 radical (unpaired) electrons. The van der Waals surface area contributed by atoms with Crippen LogP contribution in [0.4, 0.5) is 23.0 Å². The maximum Gasteiger partial charge on any atom is 0.222 e. The molecule has 0 bridgehead atoms. The van der Waals surface area contributed by atoms with E-state index in [9.17, 15) is 9.59 Å². The highest BCUT2D eigenvalue weighted by Gasteiger charge is 2.28. The Morgan fingerprint density at radius 1 is 0.667 bits per heavy atom. The van der Waals surface area contributed by atoms with E-state index >= 15 is 0 Å². The van der Waals surface area contributed by atoms with Gasteiger partial charge in [-0.25, -0.2) is 9.97 Å². The fourth-order valence-corrected chi connectivity index (χ4v) is 6.79. The SMILES string of the molecule is CC.CC.CC(=O)N(C)CN(C)c1cc(N)c2c(-c3ccccc3)c(C)c(C)cc2n1.CC(=O)N1CN(c2cc(N)c3c(-c4ccccc4)c(C)c(C)cc3n2)C1. The lowest BCUT2D eigenvalue weighted by molar-refractivity contribution is -0.132. The number of hydrogen-bond donors (Lipinski definition) is 2. The van der Waals surface area contributed by atoms with Crippen molar-refractivity contribution in [1.29, 1.82) is 0 Å². The van der Waals surface area contributed by atoms with Crippen molar-refractivity contribution < 1.29 is 9.59 Å². The molecule has 4 N–H and O–H groups in total. The van der Waals surface area contributed by atoms with E-state index in [4.69, 9.17) is 21.4 Å². The lowest BCUT2D eigenvalue weighted by atomic mass is 9.92. The van der Waals surface area contributed by atoms with Gasteiger partial charge in [-0.1, -0.05) is 88.4 Å². The number of nitrogen functional groups attached to an aromatic ring is 2. The Labute approximate surface area is 339 Å². The van der Waals surface area contributed by atoms with Crippen LogP contribution in [0.15, 0.2) is 84.9 Å². The highest BCUT2D eigenvalue weighted by atomic mass is 16.2. The fraction of sp³-hybridized carbons (Fsp3) is 0.319. The van der Waals surface area contributed by atoms with Gasteiger partial charge in [-0.3, -0.25) is 9.59 Å².